The van der Waals surface area contributed by atoms with E-state index < -0.39 is 15.7 Å². The summed E-state index contributed by atoms with van der Waals surface area (Å²) in [5.41, 5.74) is 1.40. The van der Waals surface area contributed by atoms with Crippen LogP contribution in [0.2, 0.25) is 0 Å². The Morgan fingerprint density at radius 2 is 1.72 bits per heavy atom. The first-order chi connectivity index (χ1) is 20.7. The van der Waals surface area contributed by atoms with Crippen LogP contribution in [0.3, 0.4) is 0 Å². The van der Waals surface area contributed by atoms with Crippen molar-refractivity contribution >= 4 is 43.4 Å². The molecule has 1 saturated heterocycles. The maximum Gasteiger partial charge on any atom is 0.279 e. The number of thiophene rings is 1. The number of piperazine rings is 1. The number of benzene rings is 2. The number of hydrogen-bond acceptors (Lipinski definition) is 6. The number of fused-ring (bicyclic) bond motifs is 1. The van der Waals surface area contributed by atoms with E-state index in [0.29, 0.717) is 50.3 Å². The van der Waals surface area contributed by atoms with Crippen molar-refractivity contribution in [3.8, 4) is 0 Å². The smallest absolute Gasteiger partial charge is 0.279 e. The highest BCUT2D eigenvalue weighted by Gasteiger charge is 2.43. The third-order valence-electron chi connectivity index (χ3n) is 8.76. The number of amides is 2. The quantitative estimate of drug-likeness (QED) is 0.283. The van der Waals surface area contributed by atoms with Crippen molar-refractivity contribution in [2.24, 2.45) is 0 Å². The van der Waals surface area contributed by atoms with Crippen LogP contribution in [-0.2, 0) is 21.4 Å². The van der Waals surface area contributed by atoms with Gasteiger partial charge in [-0.05, 0) is 74.2 Å². The Kier molecular flexibility index (Phi) is 10.2. The minimum atomic E-state index is -3.40. The number of aryl methyl sites for hydroxylation is 1. The van der Waals surface area contributed by atoms with Crippen molar-refractivity contribution in [3.63, 3.8) is 0 Å². The summed E-state index contributed by atoms with van der Waals surface area (Å²) in [6, 6.07) is 18.2. The van der Waals surface area contributed by atoms with Crippen LogP contribution < -0.4 is 15.4 Å². The third-order valence-corrected chi connectivity index (χ3v) is 11.4. The van der Waals surface area contributed by atoms with Crippen LogP contribution in [0.25, 0.3) is 10.1 Å². The Morgan fingerprint density at radius 3 is 2.42 bits per heavy atom. The number of hydrogen-bond donors (Lipinski definition) is 3. The summed E-state index contributed by atoms with van der Waals surface area (Å²) in [6.45, 7) is 5.18. The summed E-state index contributed by atoms with van der Waals surface area (Å²) in [7, 11) is -1.96. The fourth-order valence-electron chi connectivity index (χ4n) is 6.25. The lowest BCUT2D eigenvalue weighted by molar-refractivity contribution is -0.128. The summed E-state index contributed by atoms with van der Waals surface area (Å²) in [6.07, 6.45) is 5.43. The van der Waals surface area contributed by atoms with Crippen LogP contribution in [0.5, 0.6) is 0 Å². The standard InChI is InChI=1S/C32H43N5O4S2/c1-24-12-13-26-23-29(42-28(26)21-24)30(38)35-32(14-6-7-15-32)31(39)34-27(22-25-9-4-3-5-10-25)11-8-16-36-17-19-37(20-18-36)43(40,41)33-2/h3-5,9-10,12-13,21,23,27,33H,6-8,11,14-20,22H2,1-2H3,(H,34,39)(H,35,38)/t27-/m0/s1. The van der Waals surface area contributed by atoms with Crippen molar-refractivity contribution in [2.75, 3.05) is 39.8 Å². The zero-order valence-corrected chi connectivity index (χ0v) is 26.7. The predicted octanol–water partition coefficient (Wildman–Crippen LogP) is 3.84. The molecule has 1 aliphatic carbocycles. The van der Waals surface area contributed by atoms with Gasteiger partial charge in [0, 0.05) is 44.0 Å². The summed E-state index contributed by atoms with van der Waals surface area (Å²) >= 11 is 1.47. The lowest BCUT2D eigenvalue weighted by Crippen LogP contribution is -2.59. The summed E-state index contributed by atoms with van der Waals surface area (Å²) in [5.74, 6) is -0.280. The van der Waals surface area contributed by atoms with Crippen molar-refractivity contribution in [2.45, 2.75) is 63.5 Å². The third kappa shape index (κ3) is 7.82. The average molecular weight is 626 g/mol. The van der Waals surface area contributed by atoms with E-state index in [1.807, 2.05) is 43.3 Å². The van der Waals surface area contributed by atoms with Gasteiger partial charge in [0.05, 0.1) is 4.88 Å². The van der Waals surface area contributed by atoms with Gasteiger partial charge in [-0.25, -0.2) is 4.72 Å². The zero-order chi connectivity index (χ0) is 30.5. The van der Waals surface area contributed by atoms with Crippen molar-refractivity contribution in [1.82, 2.24) is 24.6 Å². The van der Waals surface area contributed by atoms with Crippen LogP contribution >= 0.6 is 11.3 Å². The fourth-order valence-corrected chi connectivity index (χ4v) is 8.21. The number of rotatable bonds is 12. The zero-order valence-electron chi connectivity index (χ0n) is 25.1. The van der Waals surface area contributed by atoms with Gasteiger partial charge in [-0.2, -0.15) is 12.7 Å². The summed E-state index contributed by atoms with van der Waals surface area (Å²) < 4.78 is 29.2. The fraction of sp³-hybridized carbons (Fsp3) is 0.500. The second kappa shape index (κ2) is 13.9. The Hall–Kier alpha value is -2.83. The van der Waals surface area contributed by atoms with Gasteiger partial charge in [0.25, 0.3) is 16.1 Å². The van der Waals surface area contributed by atoms with Gasteiger partial charge in [0.15, 0.2) is 0 Å². The number of carbonyl (C=O) groups excluding carboxylic acids is 2. The molecular weight excluding hydrogens is 583 g/mol. The van der Waals surface area contributed by atoms with Crippen molar-refractivity contribution in [3.05, 3.63) is 70.6 Å². The van der Waals surface area contributed by atoms with Gasteiger partial charge in [-0.15, -0.1) is 11.3 Å². The molecule has 1 aromatic heterocycles. The molecule has 0 spiro atoms. The molecule has 11 heteroatoms. The first kappa shape index (κ1) is 31.6. The molecule has 3 N–H and O–H groups in total. The first-order valence-corrected chi connectivity index (χ1v) is 17.5. The van der Waals surface area contributed by atoms with Crippen LogP contribution in [0.4, 0.5) is 0 Å². The molecule has 2 amide bonds. The Bertz CT molecular complexity index is 1510. The maximum atomic E-state index is 14.0. The van der Waals surface area contributed by atoms with Crippen molar-refractivity contribution in [1.29, 1.82) is 0 Å². The van der Waals surface area contributed by atoms with E-state index >= 15 is 0 Å². The molecule has 1 atom stereocenters. The van der Waals surface area contributed by atoms with E-state index in [-0.39, 0.29) is 17.9 Å². The minimum absolute atomic E-state index is 0.0810. The molecule has 1 saturated carbocycles. The van der Waals surface area contributed by atoms with Gasteiger partial charge in [0.1, 0.15) is 5.54 Å². The molecule has 232 valence electrons. The van der Waals surface area contributed by atoms with E-state index in [1.54, 1.807) is 0 Å². The molecule has 1 aliphatic heterocycles. The van der Waals surface area contributed by atoms with Gasteiger partial charge < -0.3 is 15.5 Å². The van der Waals surface area contributed by atoms with E-state index in [2.05, 4.69) is 38.5 Å². The molecule has 2 aliphatic rings. The highest BCUT2D eigenvalue weighted by atomic mass is 32.2. The van der Waals surface area contributed by atoms with Gasteiger partial charge in [0.2, 0.25) is 5.91 Å². The highest BCUT2D eigenvalue weighted by molar-refractivity contribution is 7.87. The number of carbonyl (C=O) groups is 2. The normalized spacial score (nSPS) is 18.5. The Labute approximate surface area is 259 Å². The molecule has 0 bridgehead atoms. The van der Waals surface area contributed by atoms with Crippen LogP contribution in [0.1, 0.15) is 59.3 Å². The molecule has 2 heterocycles. The molecule has 43 heavy (non-hydrogen) atoms. The molecule has 0 unspecified atom stereocenters. The van der Waals surface area contributed by atoms with Crippen LogP contribution in [0, 0.1) is 6.92 Å². The molecule has 3 aromatic rings. The lowest BCUT2D eigenvalue weighted by atomic mass is 9.94. The predicted molar refractivity (Wildman–Crippen MR) is 173 cm³/mol. The topological polar surface area (TPSA) is 111 Å². The average Bonchev–Trinajstić information content (AvgIpc) is 3.66. The van der Waals surface area contributed by atoms with E-state index in [9.17, 15) is 18.0 Å². The number of nitrogens with zero attached hydrogens (tertiary/aromatic N) is 2. The number of nitrogens with one attached hydrogen (secondary N) is 3. The van der Waals surface area contributed by atoms with E-state index in [0.717, 1.165) is 53.4 Å². The van der Waals surface area contributed by atoms with Crippen molar-refractivity contribution < 1.29 is 18.0 Å². The Balaban J connectivity index is 1.23. The molecule has 2 fully saturated rings. The van der Waals surface area contributed by atoms with Gasteiger partial charge in [-0.3, -0.25) is 9.59 Å². The lowest BCUT2D eigenvalue weighted by Gasteiger charge is -2.34. The van der Waals surface area contributed by atoms with E-state index in [1.165, 1.54) is 22.7 Å². The molecule has 0 radical (unpaired) electrons. The van der Waals surface area contributed by atoms with E-state index in [4.69, 9.17) is 0 Å². The summed E-state index contributed by atoms with van der Waals surface area (Å²) in [4.78, 5) is 30.3. The second-order valence-corrected chi connectivity index (χ2v) is 14.8. The molecular formula is C32H43N5O4S2. The maximum absolute atomic E-state index is 14.0. The highest BCUT2D eigenvalue weighted by Crippen LogP contribution is 2.32. The molecule has 2 aromatic carbocycles. The van der Waals surface area contributed by atoms with Crippen LogP contribution in [0.15, 0.2) is 54.6 Å². The second-order valence-electron chi connectivity index (χ2n) is 11.8. The Morgan fingerprint density at radius 1 is 1.00 bits per heavy atom. The van der Waals surface area contributed by atoms with Crippen LogP contribution in [-0.4, -0.2) is 80.8 Å². The van der Waals surface area contributed by atoms with Gasteiger partial charge >= 0.3 is 0 Å². The van der Waals surface area contributed by atoms with Gasteiger partial charge in [-0.1, -0.05) is 55.3 Å². The molecule has 5 rings (SSSR count). The largest absolute Gasteiger partial charge is 0.351 e. The minimum Gasteiger partial charge on any atom is -0.351 e. The monoisotopic (exact) mass is 625 g/mol. The summed E-state index contributed by atoms with van der Waals surface area (Å²) in [5, 5.41) is 7.56. The SMILES string of the molecule is CNS(=O)(=O)N1CCN(CCC[C@@H](Cc2ccccc2)NC(=O)C2(NC(=O)c3cc4ccc(C)cc4s3)CCCC2)CC1. The first-order valence-electron chi connectivity index (χ1n) is 15.3. The molecule has 9 nitrogen and oxygen atoms in total.